The number of amides is 1. The molecular formula is C33H63N2O4+. The lowest BCUT2D eigenvalue weighted by Gasteiger charge is -2.55. The maximum Gasteiger partial charge on any atom is 0.462 e. The SMILES string of the molecule is CCCCCCCCCCCCCCCCCCNC(=O)O[N+]1(C=CC(=O)OCC)C(C)(C)CCCC1(C)C. The Morgan fingerprint density at radius 2 is 1.15 bits per heavy atom. The number of carbonyl (C=O) groups excluding carboxylic acids is 2. The van der Waals surface area contributed by atoms with E-state index in [2.05, 4.69) is 39.9 Å². The summed E-state index contributed by atoms with van der Waals surface area (Å²) >= 11 is 0. The third-order valence-corrected chi connectivity index (χ3v) is 8.61. The molecule has 0 aliphatic carbocycles. The number of nitrogens with zero attached hydrogens (tertiary/aromatic N) is 1. The summed E-state index contributed by atoms with van der Waals surface area (Å²) in [6.45, 7) is 13.4. The topological polar surface area (TPSA) is 64.6 Å². The highest BCUT2D eigenvalue weighted by Crippen LogP contribution is 2.47. The van der Waals surface area contributed by atoms with Gasteiger partial charge in [-0.1, -0.05) is 108 Å². The standard InChI is InChI=1S/C33H62N2O4/c1-7-9-10-11-12-13-14-15-16-17-18-19-20-21-22-23-28-34-31(37)39-35(29-25-30(36)38-8-2)32(3,4)26-24-27-33(35,5)6/h25,29H,7-24,26-28H2,1-6H3/p+1. The summed E-state index contributed by atoms with van der Waals surface area (Å²) in [5.41, 5.74) is -0.730. The van der Waals surface area contributed by atoms with Crippen LogP contribution >= 0.6 is 0 Å². The molecule has 6 nitrogen and oxygen atoms in total. The minimum absolute atomic E-state index is 0.0242. The van der Waals surface area contributed by atoms with E-state index in [0.717, 1.165) is 32.1 Å². The van der Waals surface area contributed by atoms with E-state index in [-0.39, 0.29) is 15.7 Å². The highest BCUT2D eigenvalue weighted by molar-refractivity contribution is 5.81. The van der Waals surface area contributed by atoms with Gasteiger partial charge in [-0.2, -0.15) is 0 Å². The lowest BCUT2D eigenvalue weighted by molar-refractivity contribution is -1.12. The zero-order valence-corrected chi connectivity index (χ0v) is 26.6. The van der Waals surface area contributed by atoms with Crippen LogP contribution in [-0.2, 0) is 14.4 Å². The van der Waals surface area contributed by atoms with Gasteiger partial charge in [0.2, 0.25) is 0 Å². The Kier molecular flexibility index (Phi) is 17.7. The Morgan fingerprint density at radius 1 is 0.718 bits per heavy atom. The minimum Gasteiger partial charge on any atom is -0.463 e. The van der Waals surface area contributed by atoms with Crippen LogP contribution in [0.15, 0.2) is 12.3 Å². The van der Waals surface area contributed by atoms with Gasteiger partial charge in [-0.3, -0.25) is 0 Å². The summed E-state index contributed by atoms with van der Waals surface area (Å²) in [6.07, 6.45) is 26.8. The van der Waals surface area contributed by atoms with Gasteiger partial charge in [-0.25, -0.2) is 14.4 Å². The number of rotatable bonds is 21. The Bertz CT molecular complexity index is 686. The molecule has 1 heterocycles. The van der Waals surface area contributed by atoms with E-state index in [9.17, 15) is 9.59 Å². The van der Waals surface area contributed by atoms with E-state index < -0.39 is 12.1 Å². The van der Waals surface area contributed by atoms with Crippen molar-refractivity contribution in [1.82, 2.24) is 5.32 Å². The van der Waals surface area contributed by atoms with Crippen molar-refractivity contribution >= 4 is 12.1 Å². The zero-order valence-electron chi connectivity index (χ0n) is 26.6. The average molecular weight is 552 g/mol. The molecule has 0 aromatic carbocycles. The van der Waals surface area contributed by atoms with Gasteiger partial charge >= 0.3 is 12.1 Å². The van der Waals surface area contributed by atoms with E-state index in [4.69, 9.17) is 9.57 Å². The monoisotopic (exact) mass is 551 g/mol. The van der Waals surface area contributed by atoms with Crippen molar-refractivity contribution in [3.05, 3.63) is 12.3 Å². The van der Waals surface area contributed by atoms with Gasteiger partial charge in [0, 0.05) is 19.4 Å². The fraction of sp³-hybridized carbons (Fsp3) is 0.879. The van der Waals surface area contributed by atoms with Gasteiger partial charge in [0.05, 0.1) is 12.7 Å². The molecule has 6 heteroatoms. The van der Waals surface area contributed by atoms with Gasteiger partial charge in [0.25, 0.3) is 0 Å². The molecule has 0 radical (unpaired) electrons. The van der Waals surface area contributed by atoms with Gasteiger partial charge in [0.15, 0.2) is 0 Å². The van der Waals surface area contributed by atoms with Crippen LogP contribution in [0.5, 0.6) is 0 Å². The Balaban J connectivity index is 2.27. The van der Waals surface area contributed by atoms with Crippen LogP contribution in [0.25, 0.3) is 0 Å². The largest absolute Gasteiger partial charge is 0.463 e. The van der Waals surface area contributed by atoms with Crippen molar-refractivity contribution in [3.8, 4) is 0 Å². The van der Waals surface area contributed by atoms with Gasteiger partial charge in [0.1, 0.15) is 17.3 Å². The first-order chi connectivity index (χ1) is 18.6. The normalized spacial score (nSPS) is 17.7. The molecule has 1 amide bonds. The van der Waals surface area contributed by atoms with Gasteiger partial charge in [-0.15, -0.1) is 0 Å². The van der Waals surface area contributed by atoms with Crippen molar-refractivity contribution in [2.24, 2.45) is 0 Å². The van der Waals surface area contributed by atoms with E-state index >= 15 is 0 Å². The first-order valence-electron chi connectivity index (χ1n) is 16.3. The molecule has 0 unspecified atom stereocenters. The van der Waals surface area contributed by atoms with E-state index in [1.807, 2.05) is 0 Å². The Hall–Kier alpha value is -1.56. The van der Waals surface area contributed by atoms with E-state index in [0.29, 0.717) is 13.2 Å². The molecule has 1 fully saturated rings. The molecule has 1 N–H and O–H groups in total. The predicted molar refractivity (Wildman–Crippen MR) is 162 cm³/mol. The summed E-state index contributed by atoms with van der Waals surface area (Å²) < 4.78 is 5.07. The summed E-state index contributed by atoms with van der Waals surface area (Å²) in [7, 11) is 0. The van der Waals surface area contributed by atoms with Crippen LogP contribution in [-0.4, -0.2) is 40.9 Å². The number of unbranched alkanes of at least 4 members (excludes halogenated alkanes) is 15. The number of likely N-dealkylation sites (tertiary alicyclic amines) is 1. The number of quaternary nitrogens is 1. The number of esters is 1. The quantitative estimate of drug-likeness (QED) is 0.0667. The third kappa shape index (κ3) is 13.1. The second kappa shape index (κ2) is 19.5. The second-order valence-corrected chi connectivity index (χ2v) is 12.8. The maximum absolute atomic E-state index is 12.9. The minimum atomic E-state index is -0.424. The lowest BCUT2D eigenvalue weighted by Crippen LogP contribution is -2.71. The molecule has 1 aliphatic heterocycles. The molecule has 1 saturated heterocycles. The van der Waals surface area contributed by atoms with Crippen molar-refractivity contribution < 1.29 is 23.8 Å². The van der Waals surface area contributed by atoms with E-state index in [1.54, 1.807) is 13.1 Å². The highest BCUT2D eigenvalue weighted by Gasteiger charge is 2.60. The number of hydrogen-bond donors (Lipinski definition) is 1. The fourth-order valence-corrected chi connectivity index (χ4v) is 6.17. The first-order valence-corrected chi connectivity index (χ1v) is 16.3. The first kappa shape index (κ1) is 35.5. The van der Waals surface area contributed by atoms with Crippen molar-refractivity contribution in [1.29, 1.82) is 0 Å². The van der Waals surface area contributed by atoms with Crippen LogP contribution in [0.4, 0.5) is 4.79 Å². The molecule has 1 aliphatic rings. The summed E-state index contributed by atoms with van der Waals surface area (Å²) in [6, 6.07) is 0. The van der Waals surface area contributed by atoms with Crippen LogP contribution < -0.4 is 5.32 Å². The number of nitrogens with one attached hydrogen (secondary N) is 1. The molecule has 0 atom stereocenters. The number of piperidine rings is 1. The van der Waals surface area contributed by atoms with Crippen LogP contribution in [0, 0.1) is 0 Å². The molecule has 0 bridgehead atoms. The van der Waals surface area contributed by atoms with Crippen LogP contribution in [0.2, 0.25) is 0 Å². The molecular weight excluding hydrogens is 488 g/mol. The molecule has 0 spiro atoms. The van der Waals surface area contributed by atoms with Crippen molar-refractivity contribution in [3.63, 3.8) is 0 Å². The highest BCUT2D eigenvalue weighted by atomic mass is 16.8. The third-order valence-electron chi connectivity index (χ3n) is 8.61. The number of ether oxygens (including phenoxy) is 1. The van der Waals surface area contributed by atoms with E-state index in [1.165, 1.54) is 96.0 Å². The number of carbonyl (C=O) groups is 2. The lowest BCUT2D eigenvalue weighted by atomic mass is 9.79. The molecule has 39 heavy (non-hydrogen) atoms. The number of hydrogen-bond acceptors (Lipinski definition) is 4. The molecule has 228 valence electrons. The van der Waals surface area contributed by atoms with Crippen LogP contribution in [0.1, 0.15) is 164 Å². The van der Waals surface area contributed by atoms with Gasteiger partial charge in [-0.05, 0) is 47.5 Å². The predicted octanol–water partition coefficient (Wildman–Crippen LogP) is 9.52. The van der Waals surface area contributed by atoms with Crippen molar-refractivity contribution in [2.45, 2.75) is 175 Å². The molecule has 0 aromatic heterocycles. The average Bonchev–Trinajstić information content (AvgIpc) is 2.87. The molecule has 1 rings (SSSR count). The molecule has 0 saturated carbocycles. The molecule has 0 aromatic rings. The number of hydroxylamine groups is 3. The van der Waals surface area contributed by atoms with Gasteiger partial charge < -0.3 is 10.1 Å². The second-order valence-electron chi connectivity index (χ2n) is 12.8. The summed E-state index contributed by atoms with van der Waals surface area (Å²) in [5.74, 6) is -0.413. The maximum atomic E-state index is 12.9. The summed E-state index contributed by atoms with van der Waals surface area (Å²) in [5, 5.41) is 2.97. The van der Waals surface area contributed by atoms with Crippen molar-refractivity contribution in [2.75, 3.05) is 13.2 Å². The van der Waals surface area contributed by atoms with Crippen LogP contribution in [0.3, 0.4) is 0 Å². The summed E-state index contributed by atoms with van der Waals surface area (Å²) in [4.78, 5) is 31.2. The Morgan fingerprint density at radius 3 is 1.59 bits per heavy atom. The Labute approximate surface area is 241 Å². The zero-order chi connectivity index (χ0) is 29.0. The fourth-order valence-electron chi connectivity index (χ4n) is 6.17. The smallest absolute Gasteiger partial charge is 0.462 e.